The molecule has 1 aliphatic rings. The van der Waals surface area contributed by atoms with E-state index in [0.29, 0.717) is 6.04 Å². The summed E-state index contributed by atoms with van der Waals surface area (Å²) in [5.74, 6) is 1.84. The van der Waals surface area contributed by atoms with Gasteiger partial charge >= 0.3 is 0 Å². The first-order chi connectivity index (χ1) is 6.83. The van der Waals surface area contributed by atoms with Crippen molar-refractivity contribution in [1.82, 2.24) is 5.32 Å². The minimum atomic E-state index is -0.0582. The van der Waals surface area contributed by atoms with Crippen molar-refractivity contribution < 1.29 is 4.39 Å². The van der Waals surface area contributed by atoms with Crippen molar-refractivity contribution in [1.29, 1.82) is 0 Å². The summed E-state index contributed by atoms with van der Waals surface area (Å²) in [6, 6.07) is 5.70. The molecule has 1 aromatic carbocycles. The van der Waals surface area contributed by atoms with Gasteiger partial charge in [-0.05, 0) is 30.9 Å². The molecular weight excluding hydrogens is 197 g/mol. The van der Waals surface area contributed by atoms with Crippen LogP contribution in [0.15, 0.2) is 18.2 Å². The van der Waals surface area contributed by atoms with Crippen molar-refractivity contribution in [2.45, 2.75) is 18.2 Å². The third-order valence-corrected chi connectivity index (χ3v) is 3.69. The van der Waals surface area contributed by atoms with Crippen LogP contribution in [0, 0.1) is 5.82 Å². The zero-order chi connectivity index (χ0) is 9.97. The molecule has 1 aliphatic heterocycles. The lowest BCUT2D eigenvalue weighted by Gasteiger charge is -2.16. The summed E-state index contributed by atoms with van der Waals surface area (Å²) in [5.41, 5.74) is 2.02. The van der Waals surface area contributed by atoms with Gasteiger partial charge in [0.1, 0.15) is 5.82 Å². The maximum atomic E-state index is 13.5. The highest BCUT2D eigenvalue weighted by molar-refractivity contribution is 7.98. The molecule has 1 atom stereocenters. The Bertz CT molecular complexity index is 327. The van der Waals surface area contributed by atoms with Gasteiger partial charge < -0.3 is 5.32 Å². The van der Waals surface area contributed by atoms with E-state index in [9.17, 15) is 4.39 Å². The highest BCUT2D eigenvalue weighted by Crippen LogP contribution is 2.31. The van der Waals surface area contributed by atoms with Gasteiger partial charge in [-0.2, -0.15) is 11.8 Å². The average molecular weight is 211 g/mol. The van der Waals surface area contributed by atoms with E-state index in [1.807, 2.05) is 24.9 Å². The molecule has 2 rings (SSSR count). The number of nitrogens with one attached hydrogen (secondary N) is 1. The molecule has 76 valence electrons. The van der Waals surface area contributed by atoms with Crippen molar-refractivity contribution in [2.24, 2.45) is 0 Å². The Morgan fingerprint density at radius 3 is 3.14 bits per heavy atom. The second kappa shape index (κ2) is 4.32. The lowest BCUT2D eigenvalue weighted by molar-refractivity contribution is 0.565. The number of hydrogen-bond acceptors (Lipinski definition) is 2. The van der Waals surface area contributed by atoms with Crippen LogP contribution in [0.4, 0.5) is 4.39 Å². The number of halogens is 1. The second-order valence-electron chi connectivity index (χ2n) is 3.49. The fourth-order valence-corrected chi connectivity index (χ4v) is 2.94. The molecule has 0 amide bonds. The van der Waals surface area contributed by atoms with Crippen molar-refractivity contribution in [2.75, 3.05) is 12.8 Å². The Morgan fingerprint density at radius 2 is 2.36 bits per heavy atom. The van der Waals surface area contributed by atoms with Gasteiger partial charge in [0.2, 0.25) is 0 Å². The molecule has 0 saturated carbocycles. The molecule has 0 aliphatic carbocycles. The van der Waals surface area contributed by atoms with Crippen LogP contribution >= 0.6 is 11.8 Å². The lowest BCUT2D eigenvalue weighted by Crippen LogP contribution is -2.17. The van der Waals surface area contributed by atoms with E-state index in [0.717, 1.165) is 29.1 Å². The summed E-state index contributed by atoms with van der Waals surface area (Å²) in [6.07, 6.45) is 1.08. The van der Waals surface area contributed by atoms with E-state index >= 15 is 0 Å². The number of hydrogen-bond donors (Lipinski definition) is 1. The van der Waals surface area contributed by atoms with Crippen LogP contribution in [0.2, 0.25) is 0 Å². The summed E-state index contributed by atoms with van der Waals surface area (Å²) < 4.78 is 13.5. The first kappa shape index (κ1) is 9.99. The highest BCUT2D eigenvalue weighted by atomic mass is 32.2. The van der Waals surface area contributed by atoms with Crippen LogP contribution in [0.3, 0.4) is 0 Å². The molecule has 0 fully saturated rings. The van der Waals surface area contributed by atoms with Crippen molar-refractivity contribution in [3.05, 3.63) is 35.1 Å². The zero-order valence-electron chi connectivity index (χ0n) is 8.22. The van der Waals surface area contributed by atoms with Gasteiger partial charge in [0.25, 0.3) is 0 Å². The van der Waals surface area contributed by atoms with Crippen LogP contribution < -0.4 is 5.32 Å². The number of fused-ring (bicyclic) bond motifs is 1. The van der Waals surface area contributed by atoms with Crippen LogP contribution in [0.5, 0.6) is 0 Å². The normalized spacial score (nSPS) is 21.4. The van der Waals surface area contributed by atoms with E-state index in [4.69, 9.17) is 0 Å². The minimum absolute atomic E-state index is 0.0582. The summed E-state index contributed by atoms with van der Waals surface area (Å²) in [5, 5.41) is 3.25. The molecule has 0 bridgehead atoms. The number of benzene rings is 1. The average Bonchev–Trinajstić information content (AvgIpc) is 2.40. The summed E-state index contributed by atoms with van der Waals surface area (Å²) in [7, 11) is 1.94. The van der Waals surface area contributed by atoms with Crippen LogP contribution in [0.1, 0.15) is 23.6 Å². The molecule has 1 N–H and O–H groups in total. The van der Waals surface area contributed by atoms with Gasteiger partial charge in [-0.25, -0.2) is 4.39 Å². The molecule has 0 spiro atoms. The van der Waals surface area contributed by atoms with E-state index in [1.165, 1.54) is 0 Å². The van der Waals surface area contributed by atoms with E-state index < -0.39 is 0 Å². The smallest absolute Gasteiger partial charge is 0.127 e. The topological polar surface area (TPSA) is 12.0 Å². The molecular formula is C11H14FNS. The van der Waals surface area contributed by atoms with Crippen LogP contribution in [-0.4, -0.2) is 12.8 Å². The van der Waals surface area contributed by atoms with E-state index in [2.05, 4.69) is 5.32 Å². The first-order valence-corrected chi connectivity index (χ1v) is 6.00. The van der Waals surface area contributed by atoms with Gasteiger partial charge in [0.15, 0.2) is 0 Å². The Kier molecular flexibility index (Phi) is 3.08. The third-order valence-electron chi connectivity index (χ3n) is 2.68. The summed E-state index contributed by atoms with van der Waals surface area (Å²) in [6.45, 7) is 0. The standard InChI is InChI=1S/C11H14FNS/c1-13-11-5-6-14-7-9-8(11)3-2-4-10(9)12/h2-4,11,13H,5-7H2,1H3. The van der Waals surface area contributed by atoms with Gasteiger partial charge in [-0.3, -0.25) is 0 Å². The maximum Gasteiger partial charge on any atom is 0.127 e. The monoisotopic (exact) mass is 211 g/mol. The molecule has 1 aromatic rings. The second-order valence-corrected chi connectivity index (χ2v) is 4.60. The highest BCUT2D eigenvalue weighted by Gasteiger charge is 2.19. The van der Waals surface area contributed by atoms with Crippen molar-refractivity contribution >= 4 is 11.8 Å². The fourth-order valence-electron chi connectivity index (χ4n) is 1.88. The van der Waals surface area contributed by atoms with Gasteiger partial charge in [-0.1, -0.05) is 12.1 Å². The zero-order valence-corrected chi connectivity index (χ0v) is 9.03. The number of thioether (sulfide) groups is 1. The third kappa shape index (κ3) is 1.79. The summed E-state index contributed by atoms with van der Waals surface area (Å²) in [4.78, 5) is 0. The molecule has 1 unspecified atom stereocenters. The predicted octanol–water partition coefficient (Wildman–Crippen LogP) is 2.72. The van der Waals surface area contributed by atoms with Gasteiger partial charge in [0, 0.05) is 17.4 Å². The first-order valence-electron chi connectivity index (χ1n) is 4.85. The molecule has 0 radical (unpaired) electrons. The van der Waals surface area contributed by atoms with E-state index in [-0.39, 0.29) is 5.82 Å². The quantitative estimate of drug-likeness (QED) is 0.766. The molecule has 3 heteroatoms. The van der Waals surface area contributed by atoms with Crippen molar-refractivity contribution in [3.63, 3.8) is 0 Å². The Morgan fingerprint density at radius 1 is 1.50 bits per heavy atom. The minimum Gasteiger partial charge on any atom is -0.313 e. The fraction of sp³-hybridized carbons (Fsp3) is 0.455. The molecule has 0 aromatic heterocycles. The SMILES string of the molecule is CNC1CCSCc2c(F)cccc21. The molecule has 14 heavy (non-hydrogen) atoms. The Balaban J connectivity index is 2.44. The van der Waals surface area contributed by atoms with Crippen LogP contribution in [-0.2, 0) is 5.75 Å². The van der Waals surface area contributed by atoms with Gasteiger partial charge in [-0.15, -0.1) is 0 Å². The predicted molar refractivity (Wildman–Crippen MR) is 59.0 cm³/mol. The Labute approximate surface area is 88.1 Å². The maximum absolute atomic E-state index is 13.5. The molecule has 0 saturated heterocycles. The van der Waals surface area contributed by atoms with Crippen molar-refractivity contribution in [3.8, 4) is 0 Å². The number of rotatable bonds is 1. The van der Waals surface area contributed by atoms with Gasteiger partial charge in [0.05, 0.1) is 0 Å². The van der Waals surface area contributed by atoms with E-state index in [1.54, 1.807) is 12.1 Å². The lowest BCUT2D eigenvalue weighted by atomic mass is 9.99. The summed E-state index contributed by atoms with van der Waals surface area (Å²) >= 11 is 1.81. The Hall–Kier alpha value is -0.540. The largest absolute Gasteiger partial charge is 0.313 e. The molecule has 1 nitrogen and oxygen atoms in total. The molecule has 1 heterocycles. The van der Waals surface area contributed by atoms with Crippen LogP contribution in [0.25, 0.3) is 0 Å².